The molecule has 0 radical (unpaired) electrons. The predicted molar refractivity (Wildman–Crippen MR) is 146 cm³/mol. The summed E-state index contributed by atoms with van der Waals surface area (Å²) in [6.07, 6.45) is 2.08. The van der Waals surface area contributed by atoms with Gasteiger partial charge in [0.2, 0.25) is 5.82 Å². The quantitative estimate of drug-likeness (QED) is 0.236. The van der Waals surface area contributed by atoms with Crippen molar-refractivity contribution in [2.45, 2.75) is 31.3 Å². The standard InChI is InChI=1S/C28H26N4OS2/c1-18-9-13-22(14-10-18)26-30-27(33-31-26)24-19(2)32(17-20-11-15-23(35-3)16-12-20)28(34)29-25(24)21-7-5-4-6-8-21/h4-16,25H,17H2,1-3H3,(H,29,34). The lowest BCUT2D eigenvalue weighted by Gasteiger charge is -2.37. The van der Waals surface area contributed by atoms with Gasteiger partial charge in [0.1, 0.15) is 0 Å². The molecule has 176 valence electrons. The third kappa shape index (κ3) is 4.88. The number of nitrogens with zero attached hydrogens (tertiary/aromatic N) is 3. The van der Waals surface area contributed by atoms with Crippen LogP contribution in [0.1, 0.15) is 35.5 Å². The molecule has 0 bridgehead atoms. The molecule has 4 aromatic rings. The molecule has 1 unspecified atom stereocenters. The van der Waals surface area contributed by atoms with Crippen molar-refractivity contribution in [3.05, 3.63) is 107 Å². The van der Waals surface area contributed by atoms with Crippen LogP contribution in [0.3, 0.4) is 0 Å². The summed E-state index contributed by atoms with van der Waals surface area (Å²) < 4.78 is 5.84. The van der Waals surface area contributed by atoms with Gasteiger partial charge < -0.3 is 14.7 Å². The molecule has 0 saturated carbocycles. The maximum atomic E-state index is 5.84. The third-order valence-corrected chi connectivity index (χ3v) is 7.28. The molecule has 2 heterocycles. The smallest absolute Gasteiger partial charge is 0.258 e. The Labute approximate surface area is 215 Å². The fourth-order valence-corrected chi connectivity index (χ4v) is 4.94. The highest BCUT2D eigenvalue weighted by Crippen LogP contribution is 2.38. The first-order valence-electron chi connectivity index (χ1n) is 11.4. The zero-order valence-corrected chi connectivity index (χ0v) is 21.5. The zero-order valence-electron chi connectivity index (χ0n) is 19.9. The molecule has 0 amide bonds. The van der Waals surface area contributed by atoms with Crippen molar-refractivity contribution in [3.8, 4) is 11.4 Å². The Hall–Kier alpha value is -3.42. The van der Waals surface area contributed by atoms with E-state index in [0.29, 0.717) is 23.4 Å². The molecule has 1 aliphatic heterocycles. The molecule has 35 heavy (non-hydrogen) atoms. The van der Waals surface area contributed by atoms with Gasteiger partial charge >= 0.3 is 0 Å². The molecule has 1 aromatic heterocycles. The van der Waals surface area contributed by atoms with Crippen molar-refractivity contribution in [2.24, 2.45) is 0 Å². The van der Waals surface area contributed by atoms with Gasteiger partial charge in [-0.05, 0) is 55.6 Å². The molecule has 1 N–H and O–H groups in total. The molecular formula is C28H26N4OS2. The van der Waals surface area contributed by atoms with Gasteiger partial charge in [-0.3, -0.25) is 0 Å². The number of aromatic nitrogens is 2. The second-order valence-corrected chi connectivity index (χ2v) is 9.78. The molecule has 0 aliphatic carbocycles. The summed E-state index contributed by atoms with van der Waals surface area (Å²) in [7, 11) is 0. The Morgan fingerprint density at radius 3 is 2.37 bits per heavy atom. The van der Waals surface area contributed by atoms with Crippen molar-refractivity contribution < 1.29 is 4.52 Å². The fourth-order valence-electron chi connectivity index (χ4n) is 4.21. The fraction of sp³-hybridized carbons (Fsp3) is 0.179. The number of hydrogen-bond acceptors (Lipinski definition) is 5. The summed E-state index contributed by atoms with van der Waals surface area (Å²) in [5, 5.41) is 8.50. The molecule has 0 saturated heterocycles. The van der Waals surface area contributed by atoms with Crippen molar-refractivity contribution in [1.82, 2.24) is 20.4 Å². The molecule has 1 aliphatic rings. The number of aryl methyl sites for hydroxylation is 1. The van der Waals surface area contributed by atoms with Gasteiger partial charge in [-0.2, -0.15) is 4.98 Å². The van der Waals surface area contributed by atoms with E-state index in [4.69, 9.17) is 21.7 Å². The highest BCUT2D eigenvalue weighted by atomic mass is 32.2. The molecule has 3 aromatic carbocycles. The van der Waals surface area contributed by atoms with Crippen LogP contribution in [0.5, 0.6) is 0 Å². The molecule has 7 heteroatoms. The van der Waals surface area contributed by atoms with Gasteiger partial charge in [0, 0.05) is 22.7 Å². The Morgan fingerprint density at radius 1 is 0.971 bits per heavy atom. The average molecular weight is 499 g/mol. The predicted octanol–water partition coefficient (Wildman–Crippen LogP) is 6.63. The minimum absolute atomic E-state index is 0.190. The largest absolute Gasteiger partial charge is 0.351 e. The Balaban J connectivity index is 1.56. The topological polar surface area (TPSA) is 54.2 Å². The van der Waals surface area contributed by atoms with Crippen molar-refractivity contribution in [3.63, 3.8) is 0 Å². The zero-order chi connectivity index (χ0) is 24.4. The maximum absolute atomic E-state index is 5.84. The maximum Gasteiger partial charge on any atom is 0.258 e. The van der Waals surface area contributed by atoms with E-state index >= 15 is 0 Å². The number of rotatable bonds is 6. The summed E-state index contributed by atoms with van der Waals surface area (Å²) in [5.41, 5.74) is 6.29. The highest BCUT2D eigenvalue weighted by Gasteiger charge is 2.34. The summed E-state index contributed by atoms with van der Waals surface area (Å²) in [6.45, 7) is 4.78. The minimum atomic E-state index is -0.190. The van der Waals surface area contributed by atoms with Gasteiger partial charge in [-0.25, -0.2) is 0 Å². The van der Waals surface area contributed by atoms with E-state index < -0.39 is 0 Å². The lowest BCUT2D eigenvalue weighted by Crippen LogP contribution is -2.45. The average Bonchev–Trinajstić information content (AvgIpc) is 3.37. The van der Waals surface area contributed by atoms with E-state index in [9.17, 15) is 0 Å². The normalized spacial score (nSPS) is 15.9. The van der Waals surface area contributed by atoms with Gasteiger partial charge in [0.25, 0.3) is 5.89 Å². The first kappa shape index (κ1) is 23.3. The van der Waals surface area contributed by atoms with Crippen LogP contribution in [0.15, 0.2) is 94.0 Å². The van der Waals surface area contributed by atoms with Crippen LogP contribution in [0, 0.1) is 6.92 Å². The van der Waals surface area contributed by atoms with Gasteiger partial charge in [-0.15, -0.1) is 11.8 Å². The number of hydrogen-bond donors (Lipinski definition) is 1. The monoisotopic (exact) mass is 498 g/mol. The number of benzene rings is 3. The highest BCUT2D eigenvalue weighted by molar-refractivity contribution is 7.98. The van der Waals surface area contributed by atoms with Gasteiger partial charge in [0.05, 0.1) is 11.6 Å². The van der Waals surface area contributed by atoms with E-state index in [2.05, 4.69) is 71.9 Å². The van der Waals surface area contributed by atoms with Gasteiger partial charge in [-0.1, -0.05) is 77.5 Å². The van der Waals surface area contributed by atoms with Crippen molar-refractivity contribution in [1.29, 1.82) is 0 Å². The number of thiocarbonyl (C=S) groups is 1. The Kier molecular flexibility index (Phi) is 6.70. The first-order valence-corrected chi connectivity index (χ1v) is 13.0. The van der Waals surface area contributed by atoms with Crippen LogP contribution < -0.4 is 5.32 Å². The Morgan fingerprint density at radius 2 is 1.69 bits per heavy atom. The number of nitrogens with one attached hydrogen (secondary N) is 1. The summed E-state index contributed by atoms with van der Waals surface area (Å²) in [5.74, 6) is 1.06. The SMILES string of the molecule is CSc1ccc(CN2C(=S)NC(c3ccccc3)C(c3nc(-c4ccc(C)cc4)no3)=C2C)cc1. The minimum Gasteiger partial charge on any atom is -0.351 e. The van der Waals surface area contributed by atoms with Crippen LogP contribution in [-0.4, -0.2) is 26.4 Å². The van der Waals surface area contributed by atoms with Crippen molar-refractivity contribution >= 4 is 34.7 Å². The molecule has 5 nitrogen and oxygen atoms in total. The van der Waals surface area contributed by atoms with Crippen LogP contribution in [-0.2, 0) is 6.54 Å². The molecule has 0 fully saturated rings. The van der Waals surface area contributed by atoms with E-state index in [1.54, 1.807) is 11.8 Å². The van der Waals surface area contributed by atoms with Crippen LogP contribution in [0.25, 0.3) is 17.0 Å². The van der Waals surface area contributed by atoms with E-state index in [0.717, 1.165) is 22.4 Å². The first-order chi connectivity index (χ1) is 17.0. The lowest BCUT2D eigenvalue weighted by molar-refractivity contribution is 0.396. The summed E-state index contributed by atoms with van der Waals surface area (Å²) in [6, 6.07) is 26.7. The van der Waals surface area contributed by atoms with Crippen LogP contribution in [0.4, 0.5) is 0 Å². The van der Waals surface area contributed by atoms with Gasteiger partial charge in [0.15, 0.2) is 5.11 Å². The van der Waals surface area contributed by atoms with E-state index in [1.165, 1.54) is 16.0 Å². The molecular weight excluding hydrogens is 472 g/mol. The Bertz CT molecular complexity index is 1360. The lowest BCUT2D eigenvalue weighted by atomic mass is 9.94. The molecule has 0 spiro atoms. The summed E-state index contributed by atoms with van der Waals surface area (Å²) >= 11 is 7.57. The second-order valence-electron chi connectivity index (χ2n) is 8.52. The number of allylic oxidation sites excluding steroid dienone is 1. The number of thioether (sulfide) groups is 1. The molecule has 5 rings (SSSR count). The second kappa shape index (κ2) is 10.1. The third-order valence-electron chi connectivity index (χ3n) is 6.20. The molecule has 1 atom stereocenters. The van der Waals surface area contributed by atoms with E-state index in [-0.39, 0.29) is 6.04 Å². The van der Waals surface area contributed by atoms with Crippen LogP contribution >= 0.6 is 24.0 Å². The summed E-state index contributed by atoms with van der Waals surface area (Å²) in [4.78, 5) is 8.14. The van der Waals surface area contributed by atoms with E-state index in [1.807, 2.05) is 42.5 Å². The van der Waals surface area contributed by atoms with Crippen LogP contribution in [0.2, 0.25) is 0 Å². The van der Waals surface area contributed by atoms with Crippen molar-refractivity contribution in [2.75, 3.05) is 6.26 Å².